The molecule has 3 rings (SSSR count). The lowest BCUT2D eigenvalue weighted by Gasteiger charge is -2.16. The standard InChI is InChI=1S/C19H18Cl2N4O2/c1-19(2,3)16-13(22-9-23-16)8-15-18(27)24-14(17(26)25-15)7-10-11(20)5-4-6-12(10)21/h4-9H,1-3H3,(H,22,23)(H,24,27)(H,25,26)/b14-7+,15-8-. The van der Waals surface area contributed by atoms with E-state index < -0.39 is 11.1 Å². The molecule has 0 spiro atoms. The van der Waals surface area contributed by atoms with Crippen LogP contribution in [0.5, 0.6) is 0 Å². The molecule has 3 aromatic rings. The average molecular weight is 405 g/mol. The van der Waals surface area contributed by atoms with Crippen LogP contribution in [-0.4, -0.2) is 19.9 Å². The van der Waals surface area contributed by atoms with E-state index in [9.17, 15) is 9.59 Å². The topological polar surface area (TPSA) is 94.4 Å². The molecule has 1 aromatic carbocycles. The third-order valence-corrected chi connectivity index (χ3v) is 4.63. The Morgan fingerprint density at radius 1 is 0.963 bits per heavy atom. The number of aromatic nitrogens is 4. The van der Waals surface area contributed by atoms with E-state index in [0.717, 1.165) is 5.69 Å². The van der Waals surface area contributed by atoms with Crippen molar-refractivity contribution in [3.8, 4) is 0 Å². The predicted molar refractivity (Wildman–Crippen MR) is 108 cm³/mol. The summed E-state index contributed by atoms with van der Waals surface area (Å²) in [6.45, 7) is 6.07. The molecule has 0 saturated heterocycles. The van der Waals surface area contributed by atoms with E-state index in [1.807, 2.05) is 20.8 Å². The Morgan fingerprint density at radius 3 is 2.07 bits per heavy atom. The highest BCUT2D eigenvalue weighted by molar-refractivity contribution is 6.37. The van der Waals surface area contributed by atoms with Gasteiger partial charge in [-0.3, -0.25) is 9.59 Å². The van der Waals surface area contributed by atoms with Crippen LogP contribution in [-0.2, 0) is 5.41 Å². The molecule has 2 aromatic heterocycles. The number of nitrogens with one attached hydrogen (secondary N) is 3. The van der Waals surface area contributed by atoms with Gasteiger partial charge in [-0.15, -0.1) is 0 Å². The summed E-state index contributed by atoms with van der Waals surface area (Å²) in [5.41, 5.74) is 0.803. The first-order valence-corrected chi connectivity index (χ1v) is 8.96. The minimum absolute atomic E-state index is 0.0604. The van der Waals surface area contributed by atoms with Crippen molar-refractivity contribution in [3.05, 3.63) is 82.9 Å². The summed E-state index contributed by atoms with van der Waals surface area (Å²) in [5, 5.41) is 0.930. The van der Waals surface area contributed by atoms with Crippen molar-refractivity contribution in [2.24, 2.45) is 0 Å². The number of rotatable bonds is 2. The van der Waals surface area contributed by atoms with Gasteiger partial charge < -0.3 is 15.0 Å². The van der Waals surface area contributed by atoms with Crippen molar-refractivity contribution in [3.63, 3.8) is 0 Å². The molecule has 6 nitrogen and oxygen atoms in total. The number of halogens is 2. The summed E-state index contributed by atoms with van der Waals surface area (Å²) < 4.78 is 0. The van der Waals surface area contributed by atoms with Gasteiger partial charge in [0.15, 0.2) is 0 Å². The van der Waals surface area contributed by atoms with Gasteiger partial charge in [-0.1, -0.05) is 50.0 Å². The number of benzene rings is 1. The van der Waals surface area contributed by atoms with Crippen LogP contribution in [0.1, 0.15) is 37.7 Å². The van der Waals surface area contributed by atoms with Crippen LogP contribution in [0, 0.1) is 0 Å². The summed E-state index contributed by atoms with van der Waals surface area (Å²) in [6, 6.07) is 5.00. The lowest BCUT2D eigenvalue weighted by molar-refractivity contribution is 0.571. The van der Waals surface area contributed by atoms with Gasteiger partial charge >= 0.3 is 0 Å². The van der Waals surface area contributed by atoms with Crippen LogP contribution < -0.4 is 21.8 Å². The molecule has 0 bridgehead atoms. The fraction of sp³-hybridized carbons (Fsp3) is 0.211. The van der Waals surface area contributed by atoms with Gasteiger partial charge in [-0.2, -0.15) is 0 Å². The quantitative estimate of drug-likeness (QED) is 0.609. The lowest BCUT2D eigenvalue weighted by Crippen LogP contribution is -2.46. The summed E-state index contributed by atoms with van der Waals surface area (Å²) in [7, 11) is 0. The second-order valence-corrected chi connectivity index (χ2v) is 7.89. The number of nitrogens with zero attached hydrogens (tertiary/aromatic N) is 1. The highest BCUT2D eigenvalue weighted by Crippen LogP contribution is 2.24. The Labute approximate surface area is 164 Å². The van der Waals surface area contributed by atoms with E-state index >= 15 is 0 Å². The van der Waals surface area contributed by atoms with Gasteiger partial charge in [0.05, 0.1) is 12.0 Å². The molecule has 140 valence electrons. The van der Waals surface area contributed by atoms with Crippen molar-refractivity contribution < 1.29 is 0 Å². The third kappa shape index (κ3) is 4.07. The van der Waals surface area contributed by atoms with Gasteiger partial charge in [0.2, 0.25) is 0 Å². The monoisotopic (exact) mass is 404 g/mol. The van der Waals surface area contributed by atoms with E-state index in [0.29, 0.717) is 21.3 Å². The fourth-order valence-electron chi connectivity index (χ4n) is 2.64. The SMILES string of the molecule is CC(C)(C)c1[nH]cnc1/C=c1\[nH]c(=O)/c(=C\c2c(Cl)cccc2Cl)[nH]c1=O. The van der Waals surface area contributed by atoms with Crippen LogP contribution in [0.2, 0.25) is 10.0 Å². The molecule has 0 aliphatic carbocycles. The van der Waals surface area contributed by atoms with E-state index in [1.165, 1.54) is 6.08 Å². The molecule has 0 unspecified atom stereocenters. The normalized spacial score (nSPS) is 13.4. The molecule has 0 amide bonds. The zero-order valence-electron chi connectivity index (χ0n) is 15.0. The lowest BCUT2D eigenvalue weighted by atomic mass is 9.90. The summed E-state index contributed by atoms with van der Waals surface area (Å²) in [6.07, 6.45) is 4.55. The highest BCUT2D eigenvalue weighted by atomic mass is 35.5. The molecule has 0 atom stereocenters. The molecule has 0 saturated carbocycles. The van der Waals surface area contributed by atoms with Gasteiger partial charge in [0, 0.05) is 26.7 Å². The fourth-order valence-corrected chi connectivity index (χ4v) is 3.15. The molecule has 3 N–H and O–H groups in total. The van der Waals surface area contributed by atoms with Crippen LogP contribution >= 0.6 is 23.2 Å². The largest absolute Gasteiger partial charge is 0.348 e. The van der Waals surface area contributed by atoms with Crippen molar-refractivity contribution in [1.29, 1.82) is 0 Å². The molecule has 0 fully saturated rings. The van der Waals surface area contributed by atoms with E-state index in [-0.39, 0.29) is 16.1 Å². The number of H-pyrrole nitrogens is 3. The van der Waals surface area contributed by atoms with Crippen LogP contribution in [0.3, 0.4) is 0 Å². The Kier molecular flexibility index (Phi) is 5.13. The van der Waals surface area contributed by atoms with Gasteiger partial charge in [0.1, 0.15) is 10.7 Å². The summed E-state index contributed by atoms with van der Waals surface area (Å²) in [5.74, 6) is 0. The maximum Gasteiger partial charge on any atom is 0.272 e. The minimum atomic E-state index is -0.468. The molecule has 0 radical (unpaired) electrons. The van der Waals surface area contributed by atoms with Crippen molar-refractivity contribution >= 4 is 35.4 Å². The maximum absolute atomic E-state index is 12.5. The van der Waals surface area contributed by atoms with Crippen LogP contribution in [0.4, 0.5) is 0 Å². The van der Waals surface area contributed by atoms with Gasteiger partial charge in [-0.25, -0.2) is 4.98 Å². The first-order valence-electron chi connectivity index (χ1n) is 8.21. The average Bonchev–Trinajstić information content (AvgIpc) is 3.04. The Balaban J connectivity index is 2.18. The first-order chi connectivity index (χ1) is 12.7. The van der Waals surface area contributed by atoms with Crippen molar-refractivity contribution in [2.45, 2.75) is 26.2 Å². The van der Waals surface area contributed by atoms with Gasteiger partial charge in [0.25, 0.3) is 11.1 Å². The highest BCUT2D eigenvalue weighted by Gasteiger charge is 2.19. The zero-order valence-corrected chi connectivity index (χ0v) is 16.5. The van der Waals surface area contributed by atoms with Gasteiger partial charge in [-0.05, 0) is 24.3 Å². The number of imidazole rings is 1. The smallest absolute Gasteiger partial charge is 0.272 e. The van der Waals surface area contributed by atoms with Crippen molar-refractivity contribution in [2.75, 3.05) is 0 Å². The molecule has 2 heterocycles. The molecule has 8 heteroatoms. The van der Waals surface area contributed by atoms with Crippen molar-refractivity contribution in [1.82, 2.24) is 19.9 Å². The van der Waals surface area contributed by atoms with E-state index in [2.05, 4.69) is 19.9 Å². The second-order valence-electron chi connectivity index (χ2n) is 7.07. The molecule has 0 aliphatic heterocycles. The molecule has 27 heavy (non-hydrogen) atoms. The van der Waals surface area contributed by atoms with Crippen LogP contribution in [0.25, 0.3) is 12.2 Å². The summed E-state index contributed by atoms with van der Waals surface area (Å²) >= 11 is 12.2. The number of hydrogen-bond acceptors (Lipinski definition) is 3. The molecular formula is C19H18Cl2N4O2. The van der Waals surface area contributed by atoms with Crippen LogP contribution in [0.15, 0.2) is 34.1 Å². The summed E-state index contributed by atoms with van der Waals surface area (Å²) in [4.78, 5) is 37.4. The molecule has 0 aliphatic rings. The Hall–Kier alpha value is -2.57. The Morgan fingerprint density at radius 2 is 1.52 bits per heavy atom. The van der Waals surface area contributed by atoms with E-state index in [4.69, 9.17) is 23.2 Å². The molecular weight excluding hydrogens is 387 g/mol. The Bertz CT molecular complexity index is 1210. The second kappa shape index (κ2) is 7.21. The zero-order chi connectivity index (χ0) is 19.8. The maximum atomic E-state index is 12.5. The number of aromatic amines is 3. The van der Waals surface area contributed by atoms with E-state index in [1.54, 1.807) is 30.6 Å². The number of hydrogen-bond donors (Lipinski definition) is 3. The first kappa shape index (κ1) is 19.2. The minimum Gasteiger partial charge on any atom is -0.348 e. The predicted octanol–water partition coefficient (Wildman–Crippen LogP) is 2.05. The third-order valence-electron chi connectivity index (χ3n) is 3.97.